The van der Waals surface area contributed by atoms with E-state index in [1.807, 2.05) is 23.9 Å². The largest absolute Gasteiger partial charge is 0.465 e. The Bertz CT molecular complexity index is 1160. The van der Waals surface area contributed by atoms with Crippen molar-refractivity contribution in [2.75, 3.05) is 37.6 Å². The first-order valence-corrected chi connectivity index (χ1v) is 13.0. The van der Waals surface area contributed by atoms with Gasteiger partial charge in [0.2, 0.25) is 11.8 Å². The highest BCUT2D eigenvalue weighted by molar-refractivity contribution is 6.03. The molecule has 1 aromatic carbocycles. The molecule has 0 radical (unpaired) electrons. The number of hydrogen-bond donors (Lipinski definition) is 2. The molecule has 194 valence electrons. The third-order valence-corrected chi connectivity index (χ3v) is 8.24. The number of hydrogen-bond acceptors (Lipinski definition) is 6. The molecule has 2 aromatic rings. The topological polar surface area (TPSA) is 111 Å². The Morgan fingerprint density at radius 1 is 1.11 bits per heavy atom. The van der Waals surface area contributed by atoms with Crippen molar-refractivity contribution in [3.8, 4) is 0 Å². The molecule has 4 heterocycles. The fourth-order valence-corrected chi connectivity index (χ4v) is 6.34. The van der Waals surface area contributed by atoms with E-state index < -0.39 is 12.0 Å². The van der Waals surface area contributed by atoms with Gasteiger partial charge < -0.3 is 14.9 Å². The maximum atomic E-state index is 12.5. The summed E-state index contributed by atoms with van der Waals surface area (Å²) in [6.07, 6.45) is 2.15. The molecule has 10 nitrogen and oxygen atoms in total. The van der Waals surface area contributed by atoms with Crippen LogP contribution in [0.1, 0.15) is 51.1 Å². The number of piperazine rings is 1. The number of carboxylic acid groups (broad SMARTS) is 1. The van der Waals surface area contributed by atoms with Gasteiger partial charge in [0.05, 0.1) is 22.8 Å². The molecule has 36 heavy (non-hydrogen) atoms. The monoisotopic (exact) mass is 496 g/mol. The van der Waals surface area contributed by atoms with Crippen molar-refractivity contribution in [3.05, 3.63) is 23.9 Å². The minimum absolute atomic E-state index is 0.215. The van der Waals surface area contributed by atoms with Crippen molar-refractivity contribution >= 4 is 34.5 Å². The first kappa shape index (κ1) is 24.5. The Morgan fingerprint density at radius 3 is 2.44 bits per heavy atom. The molecule has 2 N–H and O–H groups in total. The first-order valence-electron chi connectivity index (χ1n) is 13.0. The third-order valence-electron chi connectivity index (χ3n) is 8.24. The van der Waals surface area contributed by atoms with Gasteiger partial charge in [0.1, 0.15) is 0 Å². The lowest BCUT2D eigenvalue weighted by Gasteiger charge is -2.46. The molecule has 3 unspecified atom stereocenters. The molecule has 3 aliphatic rings. The van der Waals surface area contributed by atoms with E-state index in [0.717, 1.165) is 54.8 Å². The van der Waals surface area contributed by atoms with Gasteiger partial charge in [-0.3, -0.25) is 24.5 Å². The molecule has 0 spiro atoms. The van der Waals surface area contributed by atoms with Gasteiger partial charge in [0, 0.05) is 63.7 Å². The maximum Gasteiger partial charge on any atom is 0.407 e. The number of aromatic nitrogens is 2. The average molecular weight is 497 g/mol. The van der Waals surface area contributed by atoms with Crippen LogP contribution in [0.2, 0.25) is 0 Å². The van der Waals surface area contributed by atoms with E-state index in [1.54, 1.807) is 0 Å². The fraction of sp³-hybridized carbons (Fsp3) is 0.615. The molecule has 1 aromatic heterocycles. The van der Waals surface area contributed by atoms with Crippen molar-refractivity contribution in [2.24, 2.45) is 13.0 Å². The molecule has 5 rings (SSSR count). The van der Waals surface area contributed by atoms with Crippen molar-refractivity contribution in [1.82, 2.24) is 24.9 Å². The number of nitrogens with zero attached hydrogens (tertiary/aromatic N) is 5. The number of rotatable bonds is 4. The zero-order valence-electron chi connectivity index (χ0n) is 21.3. The lowest BCUT2D eigenvalue weighted by Crippen LogP contribution is -2.59. The van der Waals surface area contributed by atoms with Crippen molar-refractivity contribution < 1.29 is 19.5 Å². The number of carbonyl (C=O) groups is 3. The molecule has 0 aliphatic carbocycles. The van der Waals surface area contributed by atoms with Crippen LogP contribution in [0.15, 0.2) is 18.2 Å². The SMILES string of the molecule is CC1CN(C(=O)O)CC(C)N1CC1CCN(c2cccc3c(C4CCC(=O)NC4=O)nn(C)c23)CC1. The smallest absolute Gasteiger partial charge is 0.407 e. The second kappa shape index (κ2) is 9.72. The van der Waals surface area contributed by atoms with E-state index in [2.05, 4.69) is 35.0 Å². The quantitative estimate of drug-likeness (QED) is 0.625. The summed E-state index contributed by atoms with van der Waals surface area (Å²) in [6, 6.07) is 6.63. The van der Waals surface area contributed by atoms with Gasteiger partial charge in [-0.15, -0.1) is 0 Å². The number of para-hydroxylation sites is 1. The van der Waals surface area contributed by atoms with Crippen molar-refractivity contribution in [1.29, 1.82) is 0 Å². The highest BCUT2D eigenvalue weighted by Gasteiger charge is 2.35. The number of aryl methyl sites for hydroxylation is 1. The summed E-state index contributed by atoms with van der Waals surface area (Å²) in [5.74, 6) is -0.303. The molecule has 3 aliphatic heterocycles. The molecule has 3 atom stereocenters. The second-order valence-electron chi connectivity index (χ2n) is 10.7. The number of nitrogens with one attached hydrogen (secondary N) is 1. The third kappa shape index (κ3) is 4.54. The number of imide groups is 1. The zero-order valence-corrected chi connectivity index (χ0v) is 21.3. The number of fused-ring (bicyclic) bond motifs is 1. The van der Waals surface area contributed by atoms with Crippen LogP contribution in [-0.4, -0.2) is 87.4 Å². The van der Waals surface area contributed by atoms with Crippen LogP contribution in [0.4, 0.5) is 10.5 Å². The number of amides is 3. The summed E-state index contributed by atoms with van der Waals surface area (Å²) >= 11 is 0. The predicted molar refractivity (Wildman–Crippen MR) is 136 cm³/mol. The van der Waals surface area contributed by atoms with E-state index >= 15 is 0 Å². The van der Waals surface area contributed by atoms with Crippen LogP contribution in [0.3, 0.4) is 0 Å². The van der Waals surface area contributed by atoms with E-state index in [1.165, 1.54) is 4.90 Å². The summed E-state index contributed by atoms with van der Waals surface area (Å²) in [5.41, 5.74) is 2.91. The second-order valence-corrected chi connectivity index (χ2v) is 10.7. The molecule has 10 heteroatoms. The summed E-state index contributed by atoms with van der Waals surface area (Å²) in [4.78, 5) is 42.0. The standard InChI is InChI=1S/C26H36N6O4/c1-16-13-31(26(35)36)14-17(2)32(16)15-18-9-11-30(12-10-18)21-6-4-5-19-23(28-29(3)24(19)21)20-7-8-22(33)27-25(20)34/h4-6,16-18,20H,7-15H2,1-3H3,(H,35,36)(H,27,33,34). The van der Waals surface area contributed by atoms with E-state index in [4.69, 9.17) is 5.10 Å². The summed E-state index contributed by atoms with van der Waals surface area (Å²) in [5, 5.41) is 17.5. The summed E-state index contributed by atoms with van der Waals surface area (Å²) < 4.78 is 1.88. The number of piperidine rings is 2. The Labute approximate surface area is 211 Å². The van der Waals surface area contributed by atoms with Crippen LogP contribution in [0, 0.1) is 5.92 Å². The summed E-state index contributed by atoms with van der Waals surface area (Å²) in [7, 11) is 1.92. The zero-order chi connectivity index (χ0) is 25.6. The van der Waals surface area contributed by atoms with Crippen LogP contribution >= 0.6 is 0 Å². The Hall–Kier alpha value is -3.14. The number of carbonyl (C=O) groups excluding carboxylic acids is 2. The number of benzene rings is 1. The van der Waals surface area contributed by atoms with Gasteiger partial charge in [-0.2, -0.15) is 5.10 Å². The average Bonchev–Trinajstić information content (AvgIpc) is 3.18. The minimum atomic E-state index is -0.827. The van der Waals surface area contributed by atoms with Crippen LogP contribution < -0.4 is 10.2 Å². The lowest BCUT2D eigenvalue weighted by molar-refractivity contribution is -0.134. The van der Waals surface area contributed by atoms with Gasteiger partial charge in [-0.1, -0.05) is 12.1 Å². The Morgan fingerprint density at radius 2 is 1.81 bits per heavy atom. The molecule has 3 amide bonds. The van der Waals surface area contributed by atoms with E-state index in [-0.39, 0.29) is 23.9 Å². The van der Waals surface area contributed by atoms with Gasteiger partial charge >= 0.3 is 6.09 Å². The van der Waals surface area contributed by atoms with Gasteiger partial charge in [-0.25, -0.2) is 4.79 Å². The maximum absolute atomic E-state index is 12.5. The molecule has 0 bridgehead atoms. The van der Waals surface area contributed by atoms with Crippen molar-refractivity contribution in [2.45, 2.75) is 57.5 Å². The molecule has 3 saturated heterocycles. The van der Waals surface area contributed by atoms with E-state index in [0.29, 0.717) is 31.8 Å². The van der Waals surface area contributed by atoms with Crippen LogP contribution in [0.5, 0.6) is 0 Å². The lowest BCUT2D eigenvalue weighted by atomic mass is 9.92. The number of anilines is 1. The van der Waals surface area contributed by atoms with Gasteiger partial charge in [0.25, 0.3) is 0 Å². The fourth-order valence-electron chi connectivity index (χ4n) is 6.34. The van der Waals surface area contributed by atoms with Crippen molar-refractivity contribution in [3.63, 3.8) is 0 Å². The van der Waals surface area contributed by atoms with Crippen LogP contribution in [0.25, 0.3) is 10.9 Å². The van der Waals surface area contributed by atoms with Gasteiger partial charge in [-0.05, 0) is 45.1 Å². The predicted octanol–water partition coefficient (Wildman–Crippen LogP) is 2.38. The minimum Gasteiger partial charge on any atom is -0.465 e. The molecule has 0 saturated carbocycles. The Kier molecular flexibility index (Phi) is 6.63. The highest BCUT2D eigenvalue weighted by atomic mass is 16.4. The molecular formula is C26H36N6O4. The molecular weight excluding hydrogens is 460 g/mol. The Balaban J connectivity index is 1.28. The highest BCUT2D eigenvalue weighted by Crippen LogP contribution is 2.36. The van der Waals surface area contributed by atoms with Crippen LogP contribution in [-0.2, 0) is 16.6 Å². The normalized spacial score (nSPS) is 26.5. The summed E-state index contributed by atoms with van der Waals surface area (Å²) in [6.45, 7) is 8.28. The first-order chi connectivity index (χ1) is 17.2. The van der Waals surface area contributed by atoms with E-state index in [9.17, 15) is 19.5 Å². The molecule has 3 fully saturated rings. The van der Waals surface area contributed by atoms with Gasteiger partial charge in [0.15, 0.2) is 0 Å².